The minimum absolute atomic E-state index is 0.400. The van der Waals surface area contributed by atoms with E-state index in [-0.39, 0.29) is 0 Å². The second-order valence-electron chi connectivity index (χ2n) is 5.61. The maximum atomic E-state index is 13.5. The SMILES string of the molecule is COC(O[Si](C)(C)C)(c1cccc(C(F)(F)F)c1)C(F)(F)F. The number of alkyl halides is 6. The van der Waals surface area contributed by atoms with Crippen molar-refractivity contribution in [1.29, 1.82) is 0 Å². The fourth-order valence-corrected chi connectivity index (χ4v) is 3.07. The van der Waals surface area contributed by atoms with E-state index in [4.69, 9.17) is 4.43 Å². The molecule has 0 aliphatic heterocycles. The van der Waals surface area contributed by atoms with Crippen LogP contribution in [0.5, 0.6) is 0 Å². The first kappa shape index (κ1) is 19.0. The summed E-state index contributed by atoms with van der Waals surface area (Å²) in [5.74, 6) is -3.22. The highest BCUT2D eigenvalue weighted by Crippen LogP contribution is 2.45. The fraction of sp³-hybridized carbons (Fsp3) is 0.538. The van der Waals surface area contributed by atoms with Crippen LogP contribution in [0.25, 0.3) is 0 Å². The third-order valence-electron chi connectivity index (χ3n) is 2.68. The van der Waals surface area contributed by atoms with Crippen LogP contribution in [-0.4, -0.2) is 21.6 Å². The molecule has 2 nitrogen and oxygen atoms in total. The van der Waals surface area contributed by atoms with Crippen molar-refractivity contribution in [2.45, 2.75) is 37.8 Å². The van der Waals surface area contributed by atoms with Gasteiger partial charge in [-0.05, 0) is 31.8 Å². The molecule has 0 saturated carbocycles. The fourth-order valence-electron chi connectivity index (χ4n) is 1.89. The molecular formula is C13H16F6O2Si. The predicted octanol–water partition coefficient (Wildman–Crippen LogP) is 4.92. The summed E-state index contributed by atoms with van der Waals surface area (Å²) >= 11 is 0. The van der Waals surface area contributed by atoms with Gasteiger partial charge in [0, 0.05) is 12.7 Å². The van der Waals surface area contributed by atoms with E-state index < -0.39 is 37.6 Å². The number of halogens is 6. The number of hydrogen-bond donors (Lipinski definition) is 0. The summed E-state index contributed by atoms with van der Waals surface area (Å²) in [6, 6.07) is 2.89. The van der Waals surface area contributed by atoms with Gasteiger partial charge in [-0.2, -0.15) is 26.3 Å². The minimum Gasteiger partial charge on any atom is -0.380 e. The molecule has 22 heavy (non-hydrogen) atoms. The molecule has 1 unspecified atom stereocenters. The van der Waals surface area contributed by atoms with Crippen molar-refractivity contribution in [2.24, 2.45) is 0 Å². The van der Waals surface area contributed by atoms with E-state index >= 15 is 0 Å². The average Bonchev–Trinajstić information content (AvgIpc) is 2.32. The maximum absolute atomic E-state index is 13.5. The molecule has 0 spiro atoms. The highest BCUT2D eigenvalue weighted by molar-refractivity contribution is 6.69. The Labute approximate surface area is 125 Å². The molecule has 0 bridgehead atoms. The second-order valence-corrected chi connectivity index (χ2v) is 10.0. The summed E-state index contributed by atoms with van der Waals surface area (Å²) in [4.78, 5) is 0. The van der Waals surface area contributed by atoms with Crippen LogP contribution in [0.4, 0.5) is 26.3 Å². The summed E-state index contributed by atoms with van der Waals surface area (Å²) in [5, 5.41) is 0. The third-order valence-corrected chi connectivity index (χ3v) is 3.58. The predicted molar refractivity (Wildman–Crippen MR) is 70.6 cm³/mol. The van der Waals surface area contributed by atoms with Crippen LogP contribution >= 0.6 is 0 Å². The van der Waals surface area contributed by atoms with E-state index in [1.807, 2.05) is 0 Å². The van der Waals surface area contributed by atoms with E-state index in [0.29, 0.717) is 12.1 Å². The van der Waals surface area contributed by atoms with Gasteiger partial charge in [0.15, 0.2) is 8.32 Å². The molecule has 0 aliphatic rings. The van der Waals surface area contributed by atoms with Gasteiger partial charge in [-0.3, -0.25) is 0 Å². The molecule has 0 aromatic heterocycles. The van der Waals surface area contributed by atoms with Gasteiger partial charge in [0.05, 0.1) is 5.56 Å². The molecule has 126 valence electrons. The lowest BCUT2D eigenvalue weighted by Gasteiger charge is -2.39. The number of rotatable bonds is 4. The Bertz CT molecular complexity index is 520. The molecule has 9 heteroatoms. The molecule has 0 radical (unpaired) electrons. The quantitative estimate of drug-likeness (QED) is 0.438. The third kappa shape index (κ3) is 4.02. The number of ether oxygens (including phenoxy) is 1. The Hall–Kier alpha value is -1.06. The van der Waals surface area contributed by atoms with Crippen LogP contribution in [0.2, 0.25) is 19.6 Å². The Kier molecular flexibility index (Phi) is 5.05. The van der Waals surface area contributed by atoms with Gasteiger partial charge in [-0.15, -0.1) is 0 Å². The molecule has 1 aromatic carbocycles. The number of methoxy groups -OCH3 is 1. The summed E-state index contributed by atoms with van der Waals surface area (Å²) in [6.07, 6.45) is -9.80. The van der Waals surface area contributed by atoms with Crippen LogP contribution in [0, 0.1) is 0 Å². The maximum Gasteiger partial charge on any atom is 0.447 e. The smallest absolute Gasteiger partial charge is 0.380 e. The topological polar surface area (TPSA) is 18.5 Å². The largest absolute Gasteiger partial charge is 0.447 e. The lowest BCUT2D eigenvalue weighted by atomic mass is 10.0. The van der Waals surface area contributed by atoms with Crippen LogP contribution in [0.15, 0.2) is 24.3 Å². The number of benzene rings is 1. The van der Waals surface area contributed by atoms with Crippen LogP contribution in [0.1, 0.15) is 11.1 Å². The van der Waals surface area contributed by atoms with Gasteiger partial charge in [0.1, 0.15) is 0 Å². The van der Waals surface area contributed by atoms with Crippen molar-refractivity contribution in [3.8, 4) is 0 Å². The Morgan fingerprint density at radius 2 is 1.41 bits per heavy atom. The van der Waals surface area contributed by atoms with Crippen molar-refractivity contribution in [3.05, 3.63) is 35.4 Å². The lowest BCUT2D eigenvalue weighted by molar-refractivity contribution is -0.358. The summed E-state index contributed by atoms with van der Waals surface area (Å²) < 4.78 is 88.4. The highest BCUT2D eigenvalue weighted by atomic mass is 28.4. The molecule has 0 fully saturated rings. The van der Waals surface area contributed by atoms with E-state index in [0.717, 1.165) is 19.2 Å². The Morgan fingerprint density at radius 1 is 0.909 bits per heavy atom. The molecule has 1 atom stereocenters. The summed E-state index contributed by atoms with van der Waals surface area (Å²) in [5.41, 5.74) is -1.94. The number of hydrogen-bond acceptors (Lipinski definition) is 2. The molecule has 0 amide bonds. The van der Waals surface area contributed by atoms with Gasteiger partial charge in [0.2, 0.25) is 0 Å². The first-order chi connectivity index (χ1) is 9.73. The zero-order chi connectivity index (χ0) is 17.4. The van der Waals surface area contributed by atoms with Crippen LogP contribution in [0.3, 0.4) is 0 Å². The van der Waals surface area contributed by atoms with Crippen molar-refractivity contribution < 1.29 is 35.5 Å². The van der Waals surface area contributed by atoms with E-state index in [1.54, 1.807) is 0 Å². The summed E-state index contributed by atoms with van der Waals surface area (Å²) in [6.45, 7) is 4.46. The average molecular weight is 346 g/mol. The van der Waals surface area contributed by atoms with Gasteiger partial charge in [-0.25, -0.2) is 0 Å². The molecule has 0 heterocycles. The first-order valence-corrected chi connectivity index (χ1v) is 9.63. The lowest BCUT2D eigenvalue weighted by Crippen LogP contribution is -2.52. The van der Waals surface area contributed by atoms with Gasteiger partial charge < -0.3 is 9.16 Å². The standard InChI is InChI=1S/C13H16F6O2Si/c1-20-11(13(17,18)19,21-22(2,3)4)9-6-5-7-10(8-9)12(14,15)16/h5-8H,1-4H3. The van der Waals surface area contributed by atoms with E-state index in [1.165, 1.54) is 19.6 Å². The zero-order valence-corrected chi connectivity index (χ0v) is 13.4. The van der Waals surface area contributed by atoms with Crippen molar-refractivity contribution in [3.63, 3.8) is 0 Å². The van der Waals surface area contributed by atoms with Crippen molar-refractivity contribution >= 4 is 8.32 Å². The molecular weight excluding hydrogens is 330 g/mol. The minimum atomic E-state index is -5.04. The van der Waals surface area contributed by atoms with E-state index in [9.17, 15) is 26.3 Å². The molecule has 1 rings (SSSR count). The van der Waals surface area contributed by atoms with Gasteiger partial charge in [0.25, 0.3) is 5.79 Å². The monoisotopic (exact) mass is 346 g/mol. The Balaban J connectivity index is 3.52. The van der Waals surface area contributed by atoms with Crippen LogP contribution < -0.4 is 0 Å². The molecule has 0 N–H and O–H groups in total. The first-order valence-electron chi connectivity index (χ1n) is 6.23. The van der Waals surface area contributed by atoms with Crippen molar-refractivity contribution in [1.82, 2.24) is 0 Å². The van der Waals surface area contributed by atoms with Gasteiger partial charge in [-0.1, -0.05) is 12.1 Å². The highest BCUT2D eigenvalue weighted by Gasteiger charge is 2.60. The zero-order valence-electron chi connectivity index (χ0n) is 12.4. The normalized spacial score (nSPS) is 16.5. The Morgan fingerprint density at radius 3 is 1.77 bits per heavy atom. The molecule has 1 aromatic rings. The van der Waals surface area contributed by atoms with Crippen molar-refractivity contribution in [2.75, 3.05) is 7.11 Å². The summed E-state index contributed by atoms with van der Waals surface area (Å²) in [7, 11) is -2.04. The molecule has 0 aliphatic carbocycles. The molecule has 0 saturated heterocycles. The van der Waals surface area contributed by atoms with E-state index in [2.05, 4.69) is 4.74 Å². The van der Waals surface area contributed by atoms with Crippen LogP contribution in [-0.2, 0) is 21.1 Å². The second kappa shape index (κ2) is 5.86. The van der Waals surface area contributed by atoms with Gasteiger partial charge >= 0.3 is 12.4 Å².